The Morgan fingerprint density at radius 1 is 1.35 bits per heavy atom. The van der Waals surface area contributed by atoms with Crippen LogP contribution in [0.25, 0.3) is 0 Å². The van der Waals surface area contributed by atoms with Crippen LogP contribution < -0.4 is 11.0 Å². The third kappa shape index (κ3) is 2.31. The zero-order valence-electron chi connectivity index (χ0n) is 11.6. The molecule has 0 amide bonds. The molecule has 1 aliphatic carbocycles. The number of anilines is 1. The number of hydrogen-bond acceptors (Lipinski definition) is 6. The molecule has 0 aliphatic heterocycles. The standard InChI is InChI=1S/C12H16N6OS/c1-6-9(13-3)14-7(2)15-10(6)20-12-17-16-11(19)18(12)8-4-5-8/h8H,4-5H2,1-3H3,(H,16,19)(H,13,14,15). The molecule has 20 heavy (non-hydrogen) atoms. The Morgan fingerprint density at radius 3 is 2.75 bits per heavy atom. The minimum atomic E-state index is -0.146. The zero-order chi connectivity index (χ0) is 14.3. The predicted octanol–water partition coefficient (Wildman–Crippen LogP) is 1.51. The van der Waals surface area contributed by atoms with E-state index in [1.54, 1.807) is 4.57 Å². The second-order valence-electron chi connectivity index (χ2n) is 4.81. The Hall–Kier alpha value is -1.83. The van der Waals surface area contributed by atoms with Gasteiger partial charge in [0.05, 0.1) is 0 Å². The molecule has 0 aromatic carbocycles. The molecule has 1 fully saturated rings. The van der Waals surface area contributed by atoms with E-state index in [1.165, 1.54) is 11.8 Å². The number of nitrogens with one attached hydrogen (secondary N) is 2. The van der Waals surface area contributed by atoms with E-state index in [1.807, 2.05) is 20.9 Å². The van der Waals surface area contributed by atoms with Crippen LogP contribution in [0.4, 0.5) is 5.82 Å². The van der Waals surface area contributed by atoms with E-state index in [-0.39, 0.29) is 11.7 Å². The Kier molecular flexibility index (Phi) is 3.25. The number of aromatic amines is 1. The fourth-order valence-corrected chi connectivity index (χ4v) is 3.07. The lowest BCUT2D eigenvalue weighted by Gasteiger charge is -2.10. The van der Waals surface area contributed by atoms with E-state index >= 15 is 0 Å². The summed E-state index contributed by atoms with van der Waals surface area (Å²) in [6, 6.07) is 0.288. The summed E-state index contributed by atoms with van der Waals surface area (Å²) >= 11 is 1.40. The molecular formula is C12H16N6OS. The lowest BCUT2D eigenvalue weighted by molar-refractivity contribution is 0.642. The summed E-state index contributed by atoms with van der Waals surface area (Å²) in [4.78, 5) is 20.6. The average molecular weight is 292 g/mol. The van der Waals surface area contributed by atoms with E-state index in [0.717, 1.165) is 29.2 Å². The van der Waals surface area contributed by atoms with Crippen molar-refractivity contribution in [2.45, 2.75) is 42.9 Å². The van der Waals surface area contributed by atoms with Crippen molar-refractivity contribution in [3.05, 3.63) is 21.9 Å². The van der Waals surface area contributed by atoms with Gasteiger partial charge in [-0.05, 0) is 38.5 Å². The fourth-order valence-electron chi connectivity index (χ4n) is 2.05. The molecule has 0 unspecified atom stereocenters. The molecule has 0 radical (unpaired) electrons. The van der Waals surface area contributed by atoms with Crippen molar-refractivity contribution < 1.29 is 0 Å². The Balaban J connectivity index is 1.99. The molecule has 2 aromatic heterocycles. The number of H-pyrrole nitrogens is 1. The van der Waals surface area contributed by atoms with Crippen LogP contribution in [0.15, 0.2) is 15.0 Å². The summed E-state index contributed by atoms with van der Waals surface area (Å²) in [7, 11) is 1.83. The monoisotopic (exact) mass is 292 g/mol. The highest BCUT2D eigenvalue weighted by atomic mass is 32.2. The molecule has 1 saturated carbocycles. The minimum Gasteiger partial charge on any atom is -0.373 e. The third-order valence-electron chi connectivity index (χ3n) is 3.22. The van der Waals surface area contributed by atoms with E-state index in [4.69, 9.17) is 0 Å². The molecule has 7 nitrogen and oxygen atoms in total. The molecule has 0 bridgehead atoms. The maximum atomic E-state index is 11.8. The summed E-state index contributed by atoms with van der Waals surface area (Å²) in [5.74, 6) is 1.49. The Bertz CT molecular complexity index is 702. The van der Waals surface area contributed by atoms with Crippen molar-refractivity contribution in [1.29, 1.82) is 0 Å². The van der Waals surface area contributed by atoms with E-state index in [2.05, 4.69) is 25.5 Å². The molecule has 0 saturated heterocycles. The quantitative estimate of drug-likeness (QED) is 0.830. The second-order valence-corrected chi connectivity index (χ2v) is 5.77. The largest absolute Gasteiger partial charge is 0.373 e. The van der Waals surface area contributed by atoms with Crippen LogP contribution in [0, 0.1) is 13.8 Å². The SMILES string of the molecule is CNc1nc(C)nc(Sc2n[nH]c(=O)n2C2CC2)c1C. The first-order valence-electron chi connectivity index (χ1n) is 6.48. The van der Waals surface area contributed by atoms with E-state index < -0.39 is 0 Å². The van der Waals surface area contributed by atoms with E-state index in [9.17, 15) is 4.79 Å². The van der Waals surface area contributed by atoms with Gasteiger partial charge in [-0.15, -0.1) is 5.10 Å². The van der Waals surface area contributed by atoms with Crippen LogP contribution in [0.5, 0.6) is 0 Å². The molecule has 0 atom stereocenters. The van der Waals surface area contributed by atoms with Crippen LogP contribution in [-0.4, -0.2) is 31.8 Å². The van der Waals surface area contributed by atoms with Crippen LogP contribution in [0.3, 0.4) is 0 Å². The molecule has 0 spiro atoms. The Morgan fingerprint density at radius 2 is 2.10 bits per heavy atom. The second kappa shape index (κ2) is 4.93. The third-order valence-corrected chi connectivity index (χ3v) is 4.28. The molecule has 2 aromatic rings. The highest BCUT2D eigenvalue weighted by molar-refractivity contribution is 7.99. The lowest BCUT2D eigenvalue weighted by atomic mass is 10.3. The number of nitrogens with zero attached hydrogens (tertiary/aromatic N) is 4. The highest BCUT2D eigenvalue weighted by Crippen LogP contribution is 2.38. The van der Waals surface area contributed by atoms with Crippen molar-refractivity contribution in [2.75, 3.05) is 12.4 Å². The molecule has 8 heteroatoms. The zero-order valence-corrected chi connectivity index (χ0v) is 12.4. The smallest absolute Gasteiger partial charge is 0.344 e. The van der Waals surface area contributed by atoms with Crippen LogP contribution in [0.1, 0.15) is 30.3 Å². The van der Waals surface area contributed by atoms with Gasteiger partial charge >= 0.3 is 5.69 Å². The molecule has 2 heterocycles. The molecule has 3 rings (SSSR count). The van der Waals surface area contributed by atoms with Crippen molar-refractivity contribution in [2.24, 2.45) is 0 Å². The molecule has 106 valence electrons. The van der Waals surface area contributed by atoms with Crippen LogP contribution in [-0.2, 0) is 0 Å². The first-order chi connectivity index (χ1) is 9.60. The van der Waals surface area contributed by atoms with Gasteiger partial charge in [0.15, 0.2) is 5.16 Å². The van der Waals surface area contributed by atoms with Gasteiger partial charge in [0.25, 0.3) is 0 Å². The molecule has 1 aliphatic rings. The van der Waals surface area contributed by atoms with Crippen LogP contribution >= 0.6 is 11.8 Å². The van der Waals surface area contributed by atoms with Gasteiger partial charge in [0.2, 0.25) is 0 Å². The van der Waals surface area contributed by atoms with Crippen molar-refractivity contribution >= 4 is 17.6 Å². The van der Waals surface area contributed by atoms with Crippen molar-refractivity contribution in [3.8, 4) is 0 Å². The average Bonchev–Trinajstić information content (AvgIpc) is 3.18. The number of aromatic nitrogens is 5. The maximum absolute atomic E-state index is 11.8. The fraction of sp³-hybridized carbons (Fsp3) is 0.500. The Labute approximate surface area is 120 Å². The van der Waals surface area contributed by atoms with Crippen molar-refractivity contribution in [3.63, 3.8) is 0 Å². The van der Waals surface area contributed by atoms with Gasteiger partial charge in [0, 0.05) is 18.7 Å². The van der Waals surface area contributed by atoms with Gasteiger partial charge in [-0.25, -0.2) is 19.9 Å². The van der Waals surface area contributed by atoms with Gasteiger partial charge in [-0.3, -0.25) is 4.57 Å². The first kappa shape index (κ1) is 13.2. The summed E-state index contributed by atoms with van der Waals surface area (Å²) in [6.45, 7) is 3.81. The number of aryl methyl sites for hydroxylation is 1. The van der Waals surface area contributed by atoms with Gasteiger partial charge < -0.3 is 5.32 Å². The lowest BCUT2D eigenvalue weighted by Crippen LogP contribution is -2.16. The summed E-state index contributed by atoms with van der Waals surface area (Å²) in [5.41, 5.74) is 0.813. The summed E-state index contributed by atoms with van der Waals surface area (Å²) < 4.78 is 1.72. The number of hydrogen-bond donors (Lipinski definition) is 2. The van der Waals surface area contributed by atoms with E-state index in [0.29, 0.717) is 11.0 Å². The highest BCUT2D eigenvalue weighted by Gasteiger charge is 2.29. The summed E-state index contributed by atoms with van der Waals surface area (Å²) in [5, 5.41) is 11.2. The minimum absolute atomic E-state index is 0.146. The summed E-state index contributed by atoms with van der Waals surface area (Å²) in [6.07, 6.45) is 2.08. The topological polar surface area (TPSA) is 88.5 Å². The predicted molar refractivity (Wildman–Crippen MR) is 76.3 cm³/mol. The van der Waals surface area contributed by atoms with Gasteiger partial charge in [-0.2, -0.15) is 0 Å². The molecule has 2 N–H and O–H groups in total. The normalized spacial score (nSPS) is 14.6. The first-order valence-corrected chi connectivity index (χ1v) is 7.29. The van der Waals surface area contributed by atoms with Gasteiger partial charge in [-0.1, -0.05) is 0 Å². The maximum Gasteiger partial charge on any atom is 0.344 e. The number of rotatable bonds is 4. The van der Waals surface area contributed by atoms with Crippen molar-refractivity contribution in [1.82, 2.24) is 24.7 Å². The van der Waals surface area contributed by atoms with Crippen LogP contribution in [0.2, 0.25) is 0 Å². The molecular weight excluding hydrogens is 276 g/mol. The van der Waals surface area contributed by atoms with Gasteiger partial charge in [0.1, 0.15) is 16.7 Å².